The number of rotatable bonds is 7. The maximum absolute atomic E-state index is 13.2. The van der Waals surface area contributed by atoms with Crippen LogP contribution in [0.25, 0.3) is 0 Å². The van der Waals surface area contributed by atoms with Gasteiger partial charge < -0.3 is 0 Å². The lowest BCUT2D eigenvalue weighted by atomic mass is 9.84. The number of ketones is 2. The molecular formula is C19H19NO6S2. The molecule has 2 aliphatic carbocycles. The first-order valence-corrected chi connectivity index (χ1v) is 11.6. The Morgan fingerprint density at radius 1 is 1.36 bits per heavy atom. The summed E-state index contributed by atoms with van der Waals surface area (Å²) >= 11 is 1.37. The number of nitro groups is 1. The zero-order valence-electron chi connectivity index (χ0n) is 15.2. The highest BCUT2D eigenvalue weighted by Crippen LogP contribution is 2.48. The van der Waals surface area contributed by atoms with Gasteiger partial charge in [-0.1, -0.05) is 6.08 Å². The van der Waals surface area contributed by atoms with E-state index >= 15 is 0 Å². The molecule has 0 N–H and O–H groups in total. The second kappa shape index (κ2) is 7.63. The lowest BCUT2D eigenvalue weighted by Gasteiger charge is -2.24. The Bertz CT molecular complexity index is 1020. The first-order chi connectivity index (χ1) is 13.1. The standard InChI is InChI=1S/C19H19NO6S2/c1-3-8-27-19-12-5-4-11(9-12)17(21)16(19)18(22)14-7-6-13(28(2,25)26)10-15(14)20(23)24/h3,6-7,10-12H,1,4-5,8-9H2,2H3. The lowest BCUT2D eigenvalue weighted by Crippen LogP contribution is -2.27. The molecule has 2 unspecified atom stereocenters. The molecule has 0 aliphatic heterocycles. The van der Waals surface area contributed by atoms with E-state index in [-0.39, 0.29) is 33.7 Å². The molecule has 2 aliphatic rings. The lowest BCUT2D eigenvalue weighted by molar-refractivity contribution is -0.385. The van der Waals surface area contributed by atoms with Gasteiger partial charge in [-0.15, -0.1) is 18.3 Å². The largest absolute Gasteiger partial charge is 0.294 e. The van der Waals surface area contributed by atoms with Crippen LogP contribution in [0.2, 0.25) is 0 Å². The Morgan fingerprint density at radius 3 is 2.64 bits per heavy atom. The van der Waals surface area contributed by atoms with E-state index in [1.165, 1.54) is 11.8 Å². The van der Waals surface area contributed by atoms with E-state index in [2.05, 4.69) is 6.58 Å². The number of Topliss-reactive ketones (excluding diaryl/α,β-unsaturated/α-hetero) is 2. The smallest absolute Gasteiger partial charge is 0.281 e. The van der Waals surface area contributed by atoms with Crippen LogP contribution in [0.1, 0.15) is 29.6 Å². The predicted octanol–water partition coefficient (Wildman–Crippen LogP) is 3.35. The van der Waals surface area contributed by atoms with E-state index in [4.69, 9.17) is 0 Å². The monoisotopic (exact) mass is 421 g/mol. The van der Waals surface area contributed by atoms with Crippen molar-refractivity contribution >= 4 is 38.9 Å². The number of hydrogen-bond donors (Lipinski definition) is 0. The van der Waals surface area contributed by atoms with Crippen molar-refractivity contribution in [2.45, 2.75) is 24.2 Å². The van der Waals surface area contributed by atoms with Crippen molar-refractivity contribution in [1.82, 2.24) is 0 Å². The van der Waals surface area contributed by atoms with Crippen LogP contribution in [0.4, 0.5) is 5.69 Å². The number of carbonyl (C=O) groups excluding carboxylic acids is 2. The number of hydrogen-bond acceptors (Lipinski definition) is 7. The van der Waals surface area contributed by atoms with Crippen LogP contribution in [0.5, 0.6) is 0 Å². The molecule has 148 valence electrons. The number of allylic oxidation sites excluding steroid dienone is 2. The molecule has 0 amide bonds. The first-order valence-electron chi connectivity index (χ1n) is 8.70. The molecule has 7 nitrogen and oxygen atoms in total. The summed E-state index contributed by atoms with van der Waals surface area (Å²) in [6, 6.07) is 3.17. The van der Waals surface area contributed by atoms with Gasteiger partial charge in [0.2, 0.25) is 5.78 Å². The first kappa shape index (κ1) is 20.5. The number of fused-ring (bicyclic) bond motifs is 2. The minimum atomic E-state index is -3.68. The van der Waals surface area contributed by atoms with Gasteiger partial charge in [0.25, 0.3) is 5.69 Å². The average molecular weight is 421 g/mol. The van der Waals surface area contributed by atoms with E-state index in [1.807, 2.05) is 0 Å². The Labute approximate surface area is 167 Å². The van der Waals surface area contributed by atoms with Crippen molar-refractivity contribution in [2.24, 2.45) is 11.8 Å². The van der Waals surface area contributed by atoms with Crippen LogP contribution in [0, 0.1) is 22.0 Å². The second-order valence-electron chi connectivity index (χ2n) is 6.95. The summed E-state index contributed by atoms with van der Waals surface area (Å²) in [7, 11) is -3.68. The number of carbonyl (C=O) groups is 2. The Kier molecular flexibility index (Phi) is 5.58. The van der Waals surface area contributed by atoms with Gasteiger partial charge in [-0.25, -0.2) is 8.42 Å². The fourth-order valence-electron chi connectivity index (χ4n) is 3.77. The minimum Gasteiger partial charge on any atom is -0.294 e. The highest BCUT2D eigenvalue weighted by molar-refractivity contribution is 8.03. The molecule has 1 fully saturated rings. The highest BCUT2D eigenvalue weighted by Gasteiger charge is 2.44. The SMILES string of the molecule is C=CCSC1=C(C(=O)c2ccc(S(C)(=O)=O)cc2[N+](=O)[O-])C(=O)C2CCC1C2. The van der Waals surface area contributed by atoms with Gasteiger partial charge >= 0.3 is 0 Å². The molecular weight excluding hydrogens is 402 g/mol. The molecule has 3 rings (SSSR count). The van der Waals surface area contributed by atoms with Gasteiger partial charge in [-0.05, 0) is 37.3 Å². The van der Waals surface area contributed by atoms with Crippen LogP contribution in [0.15, 0.2) is 46.2 Å². The molecule has 0 spiro atoms. The predicted molar refractivity (Wildman–Crippen MR) is 106 cm³/mol. The quantitative estimate of drug-likeness (QED) is 0.218. The van der Waals surface area contributed by atoms with Crippen LogP contribution in [-0.2, 0) is 14.6 Å². The molecule has 0 radical (unpaired) electrons. The molecule has 2 bridgehead atoms. The normalized spacial score (nSPS) is 21.7. The fourth-order valence-corrected chi connectivity index (χ4v) is 5.50. The Morgan fingerprint density at radius 2 is 2.04 bits per heavy atom. The summed E-state index contributed by atoms with van der Waals surface area (Å²) in [4.78, 5) is 37.2. The van der Waals surface area contributed by atoms with E-state index in [1.54, 1.807) is 6.08 Å². The van der Waals surface area contributed by atoms with Gasteiger partial charge in [0, 0.05) is 28.9 Å². The molecule has 0 saturated heterocycles. The molecule has 1 saturated carbocycles. The zero-order valence-corrected chi connectivity index (χ0v) is 16.8. The third-order valence-electron chi connectivity index (χ3n) is 5.09. The molecule has 1 aromatic carbocycles. The van der Waals surface area contributed by atoms with Gasteiger partial charge in [0.1, 0.15) is 5.56 Å². The summed E-state index contributed by atoms with van der Waals surface area (Å²) < 4.78 is 23.4. The minimum absolute atomic E-state index is 0.0146. The molecule has 2 atom stereocenters. The molecule has 0 aromatic heterocycles. The summed E-state index contributed by atoms with van der Waals surface area (Å²) in [5.41, 5.74) is -0.862. The molecule has 28 heavy (non-hydrogen) atoms. The fraction of sp³-hybridized carbons (Fsp3) is 0.368. The highest BCUT2D eigenvalue weighted by atomic mass is 32.2. The topological polar surface area (TPSA) is 111 Å². The van der Waals surface area contributed by atoms with E-state index in [0.29, 0.717) is 23.5 Å². The number of benzene rings is 1. The van der Waals surface area contributed by atoms with Crippen molar-refractivity contribution in [3.8, 4) is 0 Å². The summed E-state index contributed by atoms with van der Waals surface area (Å²) in [6.45, 7) is 3.66. The average Bonchev–Trinajstić information content (AvgIpc) is 3.08. The molecule has 1 aromatic rings. The number of nitrogens with zero attached hydrogens (tertiary/aromatic N) is 1. The second-order valence-corrected chi connectivity index (χ2v) is 10.0. The maximum Gasteiger partial charge on any atom is 0.281 e. The van der Waals surface area contributed by atoms with Gasteiger partial charge in [0.15, 0.2) is 15.6 Å². The van der Waals surface area contributed by atoms with Crippen LogP contribution in [0.3, 0.4) is 0 Å². The number of nitro benzene ring substituents is 1. The van der Waals surface area contributed by atoms with E-state index < -0.39 is 26.2 Å². The molecule has 9 heteroatoms. The Balaban J connectivity index is 2.15. The van der Waals surface area contributed by atoms with Crippen molar-refractivity contribution in [3.05, 3.63) is 57.0 Å². The third kappa shape index (κ3) is 3.68. The van der Waals surface area contributed by atoms with Crippen molar-refractivity contribution in [3.63, 3.8) is 0 Å². The van der Waals surface area contributed by atoms with Crippen LogP contribution >= 0.6 is 11.8 Å². The number of sulfone groups is 1. The number of thioether (sulfide) groups is 1. The van der Waals surface area contributed by atoms with Crippen molar-refractivity contribution < 1.29 is 22.9 Å². The summed E-state index contributed by atoms with van der Waals surface area (Å²) in [6.07, 6.45) is 4.82. The molecule has 0 heterocycles. The zero-order chi connectivity index (χ0) is 20.6. The van der Waals surface area contributed by atoms with Crippen LogP contribution < -0.4 is 0 Å². The Hall–Kier alpha value is -2.26. The van der Waals surface area contributed by atoms with Gasteiger partial charge in [0.05, 0.1) is 15.4 Å². The maximum atomic E-state index is 13.2. The van der Waals surface area contributed by atoms with Gasteiger partial charge in [-0.3, -0.25) is 19.7 Å². The van der Waals surface area contributed by atoms with E-state index in [0.717, 1.165) is 30.9 Å². The van der Waals surface area contributed by atoms with Crippen molar-refractivity contribution in [2.75, 3.05) is 12.0 Å². The van der Waals surface area contributed by atoms with Crippen molar-refractivity contribution in [1.29, 1.82) is 0 Å². The third-order valence-corrected chi connectivity index (χ3v) is 7.45. The van der Waals surface area contributed by atoms with Gasteiger partial charge in [-0.2, -0.15) is 0 Å². The summed E-state index contributed by atoms with van der Waals surface area (Å²) in [5.74, 6) is -0.589. The van der Waals surface area contributed by atoms with E-state index in [9.17, 15) is 28.1 Å². The van der Waals surface area contributed by atoms with Crippen LogP contribution in [-0.4, -0.2) is 36.9 Å². The summed E-state index contributed by atoms with van der Waals surface area (Å²) in [5, 5.41) is 11.5.